The predicted octanol–water partition coefficient (Wildman–Crippen LogP) is 2.87. The summed E-state index contributed by atoms with van der Waals surface area (Å²) in [7, 11) is 1.70. The van der Waals surface area contributed by atoms with E-state index in [1.807, 2.05) is 18.2 Å². The molecule has 1 N–H and O–H groups in total. The fraction of sp³-hybridized carbons (Fsp3) is 0.500. The van der Waals surface area contributed by atoms with E-state index in [-0.39, 0.29) is 0 Å². The van der Waals surface area contributed by atoms with Gasteiger partial charge < -0.3 is 14.8 Å². The maximum absolute atomic E-state index is 5.66. The largest absolute Gasteiger partial charge is 0.496 e. The first-order valence-corrected chi connectivity index (χ1v) is 6.96. The van der Waals surface area contributed by atoms with Crippen LogP contribution in [0.2, 0.25) is 0 Å². The highest BCUT2D eigenvalue weighted by atomic mass is 16.5. The van der Waals surface area contributed by atoms with Crippen molar-refractivity contribution in [1.29, 1.82) is 0 Å². The van der Waals surface area contributed by atoms with Crippen LogP contribution in [0.4, 0.5) is 0 Å². The molecule has 19 heavy (non-hydrogen) atoms. The molecule has 0 unspecified atom stereocenters. The van der Waals surface area contributed by atoms with Crippen molar-refractivity contribution in [3.63, 3.8) is 0 Å². The number of methoxy groups -OCH3 is 1. The standard InChI is InChI=1S/C16H23NO2/c1-13(15-10-6-12-19-15)17-11-5-8-14-7-3-4-9-16(14)18-2/h3-5,7-9,13,15,17H,6,10-12H2,1-2H3/b8-5+/t13-,15+/m1/s1. The molecule has 0 spiro atoms. The molecule has 3 nitrogen and oxygen atoms in total. The van der Waals surface area contributed by atoms with Crippen LogP contribution >= 0.6 is 0 Å². The minimum absolute atomic E-state index is 0.375. The van der Waals surface area contributed by atoms with Gasteiger partial charge in [0.1, 0.15) is 5.75 Å². The van der Waals surface area contributed by atoms with Crippen LogP contribution in [-0.4, -0.2) is 32.4 Å². The molecule has 1 fully saturated rings. The number of nitrogens with one attached hydrogen (secondary N) is 1. The molecule has 2 rings (SSSR count). The molecule has 0 aromatic heterocycles. The third-order valence-corrected chi connectivity index (χ3v) is 3.52. The van der Waals surface area contributed by atoms with Crippen molar-refractivity contribution in [2.45, 2.75) is 31.9 Å². The second-order valence-electron chi connectivity index (χ2n) is 4.89. The fourth-order valence-electron chi connectivity index (χ4n) is 2.37. The average Bonchev–Trinajstić information content (AvgIpc) is 2.98. The Labute approximate surface area is 115 Å². The number of ether oxygens (including phenoxy) is 2. The highest BCUT2D eigenvalue weighted by Gasteiger charge is 2.21. The quantitative estimate of drug-likeness (QED) is 0.854. The van der Waals surface area contributed by atoms with Crippen molar-refractivity contribution in [2.75, 3.05) is 20.3 Å². The van der Waals surface area contributed by atoms with Gasteiger partial charge in [0.2, 0.25) is 0 Å². The number of benzene rings is 1. The Morgan fingerprint density at radius 3 is 3.05 bits per heavy atom. The zero-order chi connectivity index (χ0) is 13.5. The van der Waals surface area contributed by atoms with Crippen LogP contribution in [0.3, 0.4) is 0 Å². The summed E-state index contributed by atoms with van der Waals surface area (Å²) in [6.07, 6.45) is 6.95. The average molecular weight is 261 g/mol. The molecule has 2 atom stereocenters. The van der Waals surface area contributed by atoms with Gasteiger partial charge in [0.25, 0.3) is 0 Å². The van der Waals surface area contributed by atoms with Crippen molar-refractivity contribution >= 4 is 6.08 Å². The maximum Gasteiger partial charge on any atom is 0.126 e. The van der Waals surface area contributed by atoms with Gasteiger partial charge in [0.15, 0.2) is 0 Å². The molecule has 0 aliphatic carbocycles. The molecule has 104 valence electrons. The molecule has 0 amide bonds. The first kappa shape index (κ1) is 14.1. The van der Waals surface area contributed by atoms with Crippen molar-refractivity contribution in [3.8, 4) is 5.75 Å². The number of para-hydroxylation sites is 1. The molecule has 1 aliphatic rings. The third kappa shape index (κ3) is 4.08. The summed E-state index contributed by atoms with van der Waals surface area (Å²) in [4.78, 5) is 0. The van der Waals surface area contributed by atoms with Crippen LogP contribution in [0.1, 0.15) is 25.3 Å². The van der Waals surface area contributed by atoms with Crippen LogP contribution in [0.5, 0.6) is 5.75 Å². The lowest BCUT2D eigenvalue weighted by atomic mass is 10.1. The molecule has 1 aromatic carbocycles. The number of hydrogen-bond donors (Lipinski definition) is 1. The van der Waals surface area contributed by atoms with Crippen molar-refractivity contribution in [3.05, 3.63) is 35.9 Å². The summed E-state index contributed by atoms with van der Waals surface area (Å²) in [5.41, 5.74) is 1.11. The minimum atomic E-state index is 0.375. The lowest BCUT2D eigenvalue weighted by Gasteiger charge is -2.18. The van der Waals surface area contributed by atoms with Crippen LogP contribution in [0, 0.1) is 0 Å². The number of rotatable bonds is 6. The second-order valence-corrected chi connectivity index (χ2v) is 4.89. The smallest absolute Gasteiger partial charge is 0.126 e. The van der Waals surface area contributed by atoms with Gasteiger partial charge in [-0.15, -0.1) is 0 Å². The van der Waals surface area contributed by atoms with Gasteiger partial charge >= 0.3 is 0 Å². The highest BCUT2D eigenvalue weighted by Crippen LogP contribution is 2.18. The van der Waals surface area contributed by atoms with Crippen molar-refractivity contribution < 1.29 is 9.47 Å². The lowest BCUT2D eigenvalue weighted by molar-refractivity contribution is 0.0849. The Kier molecular flexibility index (Phi) is 5.43. The summed E-state index contributed by atoms with van der Waals surface area (Å²) < 4.78 is 11.0. The van der Waals surface area contributed by atoms with Crippen LogP contribution in [0.25, 0.3) is 6.08 Å². The summed E-state index contributed by atoms with van der Waals surface area (Å²) in [6.45, 7) is 3.94. The molecule has 0 saturated carbocycles. The minimum Gasteiger partial charge on any atom is -0.496 e. The van der Waals surface area contributed by atoms with E-state index >= 15 is 0 Å². The van der Waals surface area contributed by atoms with Gasteiger partial charge in [0.05, 0.1) is 13.2 Å². The first-order chi connectivity index (χ1) is 9.31. The zero-order valence-electron chi connectivity index (χ0n) is 11.8. The van der Waals surface area contributed by atoms with E-state index in [0.29, 0.717) is 12.1 Å². The molecular weight excluding hydrogens is 238 g/mol. The Balaban J connectivity index is 1.79. The monoisotopic (exact) mass is 261 g/mol. The van der Waals surface area contributed by atoms with Crippen LogP contribution < -0.4 is 10.1 Å². The summed E-state index contributed by atoms with van der Waals surface area (Å²) >= 11 is 0. The van der Waals surface area contributed by atoms with Crippen molar-refractivity contribution in [1.82, 2.24) is 5.32 Å². The van der Waals surface area contributed by atoms with E-state index in [1.165, 1.54) is 12.8 Å². The number of hydrogen-bond acceptors (Lipinski definition) is 3. The van der Waals surface area contributed by atoms with Gasteiger partial charge in [0, 0.05) is 24.8 Å². The molecule has 1 heterocycles. The van der Waals surface area contributed by atoms with E-state index in [2.05, 4.69) is 30.5 Å². The lowest BCUT2D eigenvalue weighted by Crippen LogP contribution is -2.36. The van der Waals surface area contributed by atoms with Gasteiger partial charge in [-0.05, 0) is 25.8 Å². The summed E-state index contributed by atoms with van der Waals surface area (Å²) in [5.74, 6) is 0.908. The second kappa shape index (κ2) is 7.31. The Morgan fingerprint density at radius 2 is 2.32 bits per heavy atom. The van der Waals surface area contributed by atoms with Gasteiger partial charge in [-0.2, -0.15) is 0 Å². The fourth-order valence-corrected chi connectivity index (χ4v) is 2.37. The Morgan fingerprint density at radius 1 is 1.47 bits per heavy atom. The molecule has 1 aliphatic heterocycles. The summed E-state index contributed by atoms with van der Waals surface area (Å²) in [6, 6.07) is 8.43. The van der Waals surface area contributed by atoms with Gasteiger partial charge in [-0.25, -0.2) is 0 Å². The maximum atomic E-state index is 5.66. The van der Waals surface area contributed by atoms with Gasteiger partial charge in [-0.3, -0.25) is 0 Å². The van der Waals surface area contributed by atoms with Gasteiger partial charge in [-0.1, -0.05) is 30.4 Å². The topological polar surface area (TPSA) is 30.5 Å². The SMILES string of the molecule is COc1ccccc1/C=C/CN[C@H](C)[C@@H]1CCCO1. The zero-order valence-corrected chi connectivity index (χ0v) is 11.8. The van der Waals surface area contributed by atoms with Crippen LogP contribution in [-0.2, 0) is 4.74 Å². The Bertz CT molecular complexity index is 411. The highest BCUT2D eigenvalue weighted by molar-refractivity contribution is 5.57. The molecule has 0 bridgehead atoms. The molecular formula is C16H23NO2. The normalized spacial score (nSPS) is 20.8. The Hall–Kier alpha value is -1.32. The van der Waals surface area contributed by atoms with E-state index < -0.39 is 0 Å². The molecule has 0 radical (unpaired) electrons. The first-order valence-electron chi connectivity index (χ1n) is 6.96. The van der Waals surface area contributed by atoms with Crippen LogP contribution in [0.15, 0.2) is 30.3 Å². The summed E-state index contributed by atoms with van der Waals surface area (Å²) in [5, 5.41) is 3.48. The van der Waals surface area contributed by atoms with E-state index in [9.17, 15) is 0 Å². The van der Waals surface area contributed by atoms with E-state index in [0.717, 1.165) is 24.5 Å². The van der Waals surface area contributed by atoms with Crippen molar-refractivity contribution in [2.24, 2.45) is 0 Å². The predicted molar refractivity (Wildman–Crippen MR) is 78.5 cm³/mol. The van der Waals surface area contributed by atoms with E-state index in [4.69, 9.17) is 9.47 Å². The third-order valence-electron chi connectivity index (χ3n) is 3.52. The van der Waals surface area contributed by atoms with E-state index in [1.54, 1.807) is 7.11 Å². The molecule has 1 aromatic rings. The molecule has 1 saturated heterocycles. The molecule has 3 heteroatoms.